The summed E-state index contributed by atoms with van der Waals surface area (Å²) in [6.07, 6.45) is 0. The number of hydrogen-bond donors (Lipinski definition) is 4. The maximum Gasteiger partial charge on any atom is 0.258 e. The summed E-state index contributed by atoms with van der Waals surface area (Å²) >= 11 is 12.5. The Balaban J connectivity index is 1.26. The summed E-state index contributed by atoms with van der Waals surface area (Å²) in [5.74, 6) is -3.65. The van der Waals surface area contributed by atoms with Gasteiger partial charge in [0.25, 0.3) is 23.6 Å². The summed E-state index contributed by atoms with van der Waals surface area (Å²) in [6, 6.07) is 26.3. The first-order valence-electron chi connectivity index (χ1n) is 17.6. The minimum Gasteiger partial charge on any atom is -0.324 e. The average Bonchev–Trinajstić information content (AvgIpc) is 3.17. The molecule has 2 atom stereocenters. The number of hydrogen-bond acceptors (Lipinski definition) is 10. The molecular formula is C42H36Cl2N8O6. The van der Waals surface area contributed by atoms with E-state index < -0.39 is 47.3 Å². The third kappa shape index (κ3) is 11.6. The molecule has 0 spiro atoms. The number of nitrogens with zero attached hydrogens (tertiary/aromatic N) is 4. The maximum absolute atomic E-state index is 13.3. The quantitative estimate of drug-likeness (QED) is 0.0635. The van der Waals surface area contributed by atoms with Gasteiger partial charge in [0.05, 0.1) is 11.4 Å². The second-order valence-electron chi connectivity index (χ2n) is 13.0. The molecule has 2 unspecified atom stereocenters. The van der Waals surface area contributed by atoms with E-state index in [2.05, 4.69) is 41.7 Å². The second kappa shape index (κ2) is 19.3. The Hall–Kier alpha value is -6.90. The summed E-state index contributed by atoms with van der Waals surface area (Å²) in [5, 5.41) is 27.3. The van der Waals surface area contributed by atoms with Gasteiger partial charge in [-0.2, -0.15) is 20.5 Å². The number of nitrogens with one attached hydrogen (secondary N) is 4. The van der Waals surface area contributed by atoms with Gasteiger partial charge in [-0.25, -0.2) is 0 Å². The molecule has 58 heavy (non-hydrogen) atoms. The van der Waals surface area contributed by atoms with Crippen LogP contribution in [0.25, 0.3) is 0 Å². The van der Waals surface area contributed by atoms with Gasteiger partial charge in [0, 0.05) is 43.9 Å². The fourth-order valence-electron chi connectivity index (χ4n) is 5.35. The predicted molar refractivity (Wildman–Crippen MR) is 223 cm³/mol. The summed E-state index contributed by atoms with van der Waals surface area (Å²) in [4.78, 5) is 77.4. The number of rotatable bonds is 14. The Morgan fingerprint density at radius 2 is 0.862 bits per heavy atom. The Morgan fingerprint density at radius 3 is 1.21 bits per heavy atom. The van der Waals surface area contributed by atoms with Crippen molar-refractivity contribution in [2.75, 3.05) is 21.3 Å². The van der Waals surface area contributed by atoms with Crippen molar-refractivity contribution in [3.63, 3.8) is 0 Å². The number of aryl methyl sites for hydroxylation is 2. The number of anilines is 4. The molecule has 0 aromatic heterocycles. The van der Waals surface area contributed by atoms with E-state index in [4.69, 9.17) is 23.2 Å². The topological polar surface area (TPSA) is 200 Å². The number of carbonyl (C=O) groups is 6. The molecule has 0 saturated carbocycles. The van der Waals surface area contributed by atoms with Crippen LogP contribution in [-0.2, 0) is 19.2 Å². The van der Waals surface area contributed by atoms with E-state index in [0.29, 0.717) is 33.9 Å². The lowest BCUT2D eigenvalue weighted by molar-refractivity contribution is -0.127. The lowest BCUT2D eigenvalue weighted by Gasteiger charge is -2.16. The van der Waals surface area contributed by atoms with Crippen LogP contribution in [0.1, 0.15) is 45.7 Å². The Labute approximate surface area is 343 Å². The van der Waals surface area contributed by atoms with Crippen LogP contribution in [-0.4, -0.2) is 47.3 Å². The molecule has 0 aliphatic heterocycles. The van der Waals surface area contributed by atoms with E-state index in [1.54, 1.807) is 74.5 Å². The zero-order valence-electron chi connectivity index (χ0n) is 31.5. The molecule has 5 aromatic carbocycles. The van der Waals surface area contributed by atoms with Crippen molar-refractivity contribution in [1.29, 1.82) is 0 Å². The van der Waals surface area contributed by atoms with Gasteiger partial charge in [-0.15, -0.1) is 0 Å². The van der Waals surface area contributed by atoms with Gasteiger partial charge in [-0.1, -0.05) is 59.6 Å². The van der Waals surface area contributed by atoms with Crippen molar-refractivity contribution >= 4 is 92.5 Å². The molecule has 5 aromatic rings. The minimum atomic E-state index is -1.55. The lowest BCUT2D eigenvalue weighted by atomic mass is 10.1. The van der Waals surface area contributed by atoms with Gasteiger partial charge in [-0.05, 0) is 112 Å². The molecule has 5 rings (SSSR count). The molecule has 4 amide bonds. The number of halogens is 2. The molecule has 4 N–H and O–H groups in total. The van der Waals surface area contributed by atoms with Crippen LogP contribution in [0.3, 0.4) is 0 Å². The summed E-state index contributed by atoms with van der Waals surface area (Å²) < 4.78 is 0. The van der Waals surface area contributed by atoms with Gasteiger partial charge in [0.1, 0.15) is 0 Å². The zero-order chi connectivity index (χ0) is 41.9. The SMILES string of the molecule is CC(=O)C(N=Nc1cc(Cl)cc(C(=O)Nc2ccccc2)c1)C(=O)Nc1cc(C)c(NC(=O)C(N=Nc2cc(Cl)cc(C(=O)Nc3ccccc3)c2)C(C)=O)cc1C. The van der Waals surface area contributed by atoms with Gasteiger partial charge >= 0.3 is 0 Å². The molecule has 0 aliphatic rings. The van der Waals surface area contributed by atoms with Crippen molar-refractivity contribution in [3.05, 3.63) is 141 Å². The number of Topliss-reactive ketones (excluding diaryl/α,β-unsaturated/α-hetero) is 2. The van der Waals surface area contributed by atoms with E-state index in [0.717, 1.165) is 0 Å². The van der Waals surface area contributed by atoms with Crippen LogP contribution >= 0.6 is 23.2 Å². The van der Waals surface area contributed by atoms with Gasteiger partial charge in [-0.3, -0.25) is 28.8 Å². The fourth-order valence-corrected chi connectivity index (χ4v) is 5.81. The molecule has 14 nitrogen and oxygen atoms in total. The Morgan fingerprint density at radius 1 is 0.500 bits per heavy atom. The maximum atomic E-state index is 13.3. The molecule has 16 heteroatoms. The number of carbonyl (C=O) groups excluding carboxylic acids is 6. The molecule has 0 saturated heterocycles. The molecule has 294 valence electrons. The van der Waals surface area contributed by atoms with E-state index >= 15 is 0 Å². The molecule has 0 heterocycles. The van der Waals surface area contributed by atoms with Crippen LogP contribution in [0.4, 0.5) is 34.1 Å². The number of para-hydroxylation sites is 2. The highest BCUT2D eigenvalue weighted by atomic mass is 35.5. The third-order valence-electron chi connectivity index (χ3n) is 8.28. The summed E-state index contributed by atoms with van der Waals surface area (Å²) in [6.45, 7) is 5.70. The smallest absolute Gasteiger partial charge is 0.258 e. The predicted octanol–water partition coefficient (Wildman–Crippen LogP) is 9.47. The normalized spacial score (nSPS) is 12.1. The number of ketones is 2. The summed E-state index contributed by atoms with van der Waals surface area (Å²) in [5.41, 5.74) is 3.44. The number of benzene rings is 5. The molecule has 0 radical (unpaired) electrons. The van der Waals surface area contributed by atoms with E-state index in [9.17, 15) is 28.8 Å². The zero-order valence-corrected chi connectivity index (χ0v) is 33.1. The van der Waals surface area contributed by atoms with Crippen molar-refractivity contribution in [2.45, 2.75) is 39.8 Å². The van der Waals surface area contributed by atoms with Crippen LogP contribution in [0.2, 0.25) is 10.0 Å². The molecule has 0 fully saturated rings. The van der Waals surface area contributed by atoms with Crippen molar-refractivity contribution in [3.8, 4) is 0 Å². The lowest BCUT2D eigenvalue weighted by Crippen LogP contribution is -2.32. The number of azo groups is 2. The monoisotopic (exact) mass is 818 g/mol. The van der Waals surface area contributed by atoms with Crippen LogP contribution < -0.4 is 21.3 Å². The number of amides is 4. The highest BCUT2D eigenvalue weighted by Gasteiger charge is 2.26. The van der Waals surface area contributed by atoms with Gasteiger partial charge in [0.2, 0.25) is 12.1 Å². The van der Waals surface area contributed by atoms with E-state index in [1.807, 2.05) is 12.1 Å². The van der Waals surface area contributed by atoms with Crippen LogP contribution in [0.5, 0.6) is 0 Å². The molecule has 0 aliphatic carbocycles. The first-order valence-corrected chi connectivity index (χ1v) is 18.3. The van der Waals surface area contributed by atoms with Crippen molar-refractivity contribution in [2.24, 2.45) is 20.5 Å². The fraction of sp³-hybridized carbons (Fsp3) is 0.143. The van der Waals surface area contributed by atoms with Gasteiger partial charge < -0.3 is 21.3 Å². The van der Waals surface area contributed by atoms with Crippen LogP contribution in [0, 0.1) is 13.8 Å². The third-order valence-corrected chi connectivity index (χ3v) is 8.72. The largest absolute Gasteiger partial charge is 0.324 e. The standard InChI is InChI=1S/C42H36Cl2N8O6/c1-23-15-36(48-42(58)38(26(4)54)52-50-34-20-28(18-30(44)22-34)40(56)46-32-13-9-6-10-14-32)24(2)16-35(23)47-41(57)37(25(3)53)51-49-33-19-27(17-29(43)21-33)39(55)45-31-11-7-5-8-12-31/h5-22,37-38H,1-4H3,(H,45,55)(H,46,56)(H,47,57)(H,48,58). The molecule has 0 bridgehead atoms. The average molecular weight is 820 g/mol. The minimum absolute atomic E-state index is 0.142. The van der Waals surface area contributed by atoms with Crippen LogP contribution in [0.15, 0.2) is 130 Å². The first-order chi connectivity index (χ1) is 27.7. The summed E-state index contributed by atoms with van der Waals surface area (Å²) in [7, 11) is 0. The van der Waals surface area contributed by atoms with Crippen molar-refractivity contribution in [1.82, 2.24) is 0 Å². The second-order valence-corrected chi connectivity index (χ2v) is 13.8. The van der Waals surface area contributed by atoms with Gasteiger partial charge in [0.15, 0.2) is 11.6 Å². The first kappa shape index (κ1) is 42.2. The highest BCUT2D eigenvalue weighted by molar-refractivity contribution is 6.31. The highest BCUT2D eigenvalue weighted by Crippen LogP contribution is 2.28. The Kier molecular flexibility index (Phi) is 14.1. The van der Waals surface area contributed by atoms with Crippen molar-refractivity contribution < 1.29 is 28.8 Å². The Bertz CT molecular complexity index is 2290. The molecular weight excluding hydrogens is 783 g/mol. The van der Waals surface area contributed by atoms with E-state index in [1.165, 1.54) is 50.2 Å². The van der Waals surface area contributed by atoms with E-state index in [-0.39, 0.29) is 32.5 Å².